The van der Waals surface area contributed by atoms with E-state index in [1.165, 1.54) is 23.8 Å². The van der Waals surface area contributed by atoms with Crippen LogP contribution >= 0.6 is 0 Å². The highest BCUT2D eigenvalue weighted by molar-refractivity contribution is 5.47. The Morgan fingerprint density at radius 3 is 1.57 bits per heavy atom. The lowest BCUT2D eigenvalue weighted by Crippen LogP contribution is -1.67. The van der Waals surface area contributed by atoms with Crippen molar-refractivity contribution in [3.8, 4) is 17.2 Å². The predicted molar refractivity (Wildman–Crippen MR) is 54.1 cm³/mol. The summed E-state index contributed by atoms with van der Waals surface area (Å²) in [6.07, 6.45) is 0. The molecule has 0 aromatic heterocycles. The molecular weight excluding hydrogens is 182 g/mol. The number of hydrogen-bond donors (Lipinski definition) is 3. The van der Waals surface area contributed by atoms with E-state index in [0.717, 1.165) is 0 Å². The van der Waals surface area contributed by atoms with E-state index in [9.17, 15) is 0 Å². The summed E-state index contributed by atoms with van der Waals surface area (Å²) >= 11 is 0. The fourth-order valence-corrected chi connectivity index (χ4v) is 0.519. The van der Waals surface area contributed by atoms with E-state index in [1.54, 1.807) is 0 Å². The van der Waals surface area contributed by atoms with Crippen LogP contribution in [0.1, 0.15) is 13.8 Å². The van der Waals surface area contributed by atoms with Crippen LogP contribution in [0.5, 0.6) is 17.2 Å². The second kappa shape index (κ2) is 6.80. The molecule has 0 spiro atoms. The number of benzene rings is 1. The maximum Gasteiger partial charge on any atom is 0.200 e. The number of rotatable bonds is 0. The summed E-state index contributed by atoms with van der Waals surface area (Å²) in [5.41, 5.74) is 1.17. The molecule has 0 saturated heterocycles. The lowest BCUT2D eigenvalue weighted by Gasteiger charge is -1.96. The molecule has 1 rings (SSSR count). The maximum atomic E-state index is 8.71. The Balaban J connectivity index is 0. The number of hydrogen-bond acceptors (Lipinski definition) is 3. The van der Waals surface area contributed by atoms with Gasteiger partial charge in [0.05, 0.1) is 0 Å². The molecule has 3 radical (unpaired) electrons. The quantitative estimate of drug-likeness (QED) is 0.437. The van der Waals surface area contributed by atoms with Crippen molar-refractivity contribution in [1.82, 2.24) is 6.15 Å². The molecule has 0 unspecified atom stereocenters. The van der Waals surface area contributed by atoms with Crippen molar-refractivity contribution >= 4 is 0 Å². The van der Waals surface area contributed by atoms with Crippen LogP contribution in [0, 0.1) is 0 Å². The molecule has 0 heterocycles. The maximum absolute atomic E-state index is 8.71. The van der Waals surface area contributed by atoms with Gasteiger partial charge in [-0.1, -0.05) is 11.6 Å². The first kappa shape index (κ1) is 14.8. The van der Waals surface area contributed by atoms with Gasteiger partial charge in [0, 0.05) is 6.15 Å². The minimum atomic E-state index is -0.475. The monoisotopic (exact) mass is 196 g/mol. The molecule has 4 nitrogen and oxygen atoms in total. The van der Waals surface area contributed by atoms with Crippen LogP contribution in [0.3, 0.4) is 0 Å². The van der Waals surface area contributed by atoms with Crippen molar-refractivity contribution in [3.63, 3.8) is 0 Å². The molecule has 0 amide bonds. The van der Waals surface area contributed by atoms with Gasteiger partial charge in [-0.3, -0.25) is 0 Å². The number of para-hydroxylation sites is 1. The zero-order valence-corrected chi connectivity index (χ0v) is 8.23. The zero-order chi connectivity index (χ0) is 10.4. The predicted octanol–water partition coefficient (Wildman–Crippen LogP) is 1.91. The molecule has 0 bridgehead atoms. The minimum absolute atomic E-state index is 0. The second-order valence-corrected chi connectivity index (χ2v) is 2.85. The third kappa shape index (κ3) is 5.91. The highest BCUT2D eigenvalue weighted by atomic mass is 16.3. The van der Waals surface area contributed by atoms with Crippen LogP contribution in [0.15, 0.2) is 30.4 Å². The number of nitrogens with zero attached hydrogens (tertiary/aromatic N) is 1. The molecule has 0 fully saturated rings. The van der Waals surface area contributed by atoms with Gasteiger partial charge < -0.3 is 15.3 Å². The van der Waals surface area contributed by atoms with Gasteiger partial charge in [0.25, 0.3) is 0 Å². The number of phenolic OH excluding ortho intramolecular Hbond substituents is 3. The van der Waals surface area contributed by atoms with E-state index < -0.39 is 5.75 Å². The first-order valence-corrected chi connectivity index (χ1v) is 3.77. The van der Waals surface area contributed by atoms with Crippen molar-refractivity contribution in [1.29, 1.82) is 0 Å². The van der Waals surface area contributed by atoms with Gasteiger partial charge in [0.2, 0.25) is 0 Å². The summed E-state index contributed by atoms with van der Waals surface area (Å²) < 4.78 is 0. The van der Waals surface area contributed by atoms with Crippen LogP contribution in [-0.4, -0.2) is 15.3 Å². The second-order valence-electron chi connectivity index (χ2n) is 2.85. The zero-order valence-electron chi connectivity index (χ0n) is 8.23. The Kier molecular flexibility index (Phi) is 7.19. The summed E-state index contributed by atoms with van der Waals surface area (Å²) in [7, 11) is 0. The van der Waals surface area contributed by atoms with Crippen molar-refractivity contribution in [2.24, 2.45) is 0 Å². The fourth-order valence-electron chi connectivity index (χ4n) is 0.519. The van der Waals surface area contributed by atoms with Crippen LogP contribution < -0.4 is 6.15 Å². The molecule has 77 valence electrons. The standard InChI is InChI=1S/C6H6O3.C4H8.N/c7-4-2-1-3-5(8)6(4)9;1-4(2)3;/h1-3,7-9H;1H2,2-3H3;. The topological polar surface area (TPSA) is 91.2 Å². The summed E-state index contributed by atoms with van der Waals surface area (Å²) in [6.45, 7) is 7.50. The summed E-state index contributed by atoms with van der Waals surface area (Å²) in [6, 6.07) is 4.01. The van der Waals surface area contributed by atoms with E-state index in [-0.39, 0.29) is 17.6 Å². The Morgan fingerprint density at radius 1 is 1.07 bits per heavy atom. The molecule has 0 atom stereocenters. The van der Waals surface area contributed by atoms with Crippen molar-refractivity contribution in [3.05, 3.63) is 30.4 Å². The number of allylic oxidation sites excluding steroid dienone is 1. The van der Waals surface area contributed by atoms with Gasteiger partial charge in [-0.05, 0) is 26.0 Å². The first-order valence-electron chi connectivity index (χ1n) is 3.77. The minimum Gasteiger partial charge on any atom is -0.504 e. The van der Waals surface area contributed by atoms with Gasteiger partial charge in [-0.2, -0.15) is 0 Å². The fraction of sp³-hybridized carbons (Fsp3) is 0.200. The van der Waals surface area contributed by atoms with E-state index in [2.05, 4.69) is 6.58 Å². The average Bonchev–Trinajstić information content (AvgIpc) is 1.99. The highest BCUT2D eigenvalue weighted by Crippen LogP contribution is 2.32. The summed E-state index contributed by atoms with van der Waals surface area (Å²) in [5.74, 6) is -1.09. The van der Waals surface area contributed by atoms with Gasteiger partial charge in [0.15, 0.2) is 17.2 Å². The number of aromatic hydroxyl groups is 3. The van der Waals surface area contributed by atoms with Crippen LogP contribution in [-0.2, 0) is 0 Å². The summed E-state index contributed by atoms with van der Waals surface area (Å²) in [5, 5.41) is 26.1. The highest BCUT2D eigenvalue weighted by Gasteiger charge is 2.00. The van der Waals surface area contributed by atoms with Crippen molar-refractivity contribution in [2.45, 2.75) is 13.8 Å². The Hall–Kier alpha value is -1.68. The third-order valence-electron chi connectivity index (χ3n) is 0.993. The Morgan fingerprint density at radius 2 is 1.36 bits per heavy atom. The van der Waals surface area contributed by atoms with E-state index >= 15 is 0 Å². The molecule has 0 saturated carbocycles. The molecule has 1 aromatic rings. The number of phenols is 3. The molecule has 3 N–H and O–H groups in total. The molecule has 0 aliphatic rings. The Labute approximate surface area is 83.7 Å². The smallest absolute Gasteiger partial charge is 0.200 e. The van der Waals surface area contributed by atoms with Crippen LogP contribution in [0.25, 0.3) is 0 Å². The molecule has 0 aliphatic heterocycles. The average molecular weight is 196 g/mol. The van der Waals surface area contributed by atoms with E-state index in [1.807, 2.05) is 13.8 Å². The first-order chi connectivity index (χ1) is 5.95. The SMILES string of the molecule is C=C(C)C.Oc1cccc(O)c1O.[N]. The Bertz CT molecular complexity index is 273. The van der Waals surface area contributed by atoms with Gasteiger partial charge in [-0.15, -0.1) is 6.58 Å². The molecule has 1 aromatic carbocycles. The van der Waals surface area contributed by atoms with Gasteiger partial charge in [0.1, 0.15) is 0 Å². The lowest BCUT2D eigenvalue weighted by atomic mass is 10.3. The largest absolute Gasteiger partial charge is 0.504 e. The van der Waals surface area contributed by atoms with Crippen LogP contribution in [0.4, 0.5) is 0 Å². The molecular formula is C10H14NO3. The van der Waals surface area contributed by atoms with Crippen molar-refractivity contribution < 1.29 is 15.3 Å². The molecule has 14 heavy (non-hydrogen) atoms. The summed E-state index contributed by atoms with van der Waals surface area (Å²) in [4.78, 5) is 0. The third-order valence-corrected chi connectivity index (χ3v) is 0.993. The van der Waals surface area contributed by atoms with Gasteiger partial charge in [-0.25, -0.2) is 0 Å². The van der Waals surface area contributed by atoms with Gasteiger partial charge >= 0.3 is 0 Å². The van der Waals surface area contributed by atoms with E-state index in [0.29, 0.717) is 0 Å². The molecule has 4 heteroatoms. The van der Waals surface area contributed by atoms with Crippen LogP contribution in [0.2, 0.25) is 0 Å². The normalized spacial score (nSPS) is 7.86. The lowest BCUT2D eigenvalue weighted by molar-refractivity contribution is 0.368. The van der Waals surface area contributed by atoms with E-state index in [4.69, 9.17) is 15.3 Å². The van der Waals surface area contributed by atoms with Crippen molar-refractivity contribution in [2.75, 3.05) is 0 Å². The molecule has 0 aliphatic carbocycles.